The molecule has 0 saturated heterocycles. The molecule has 0 fully saturated rings. The number of rotatable bonds is 8. The summed E-state index contributed by atoms with van der Waals surface area (Å²) in [5.74, 6) is -1.31. The number of halogens is 2. The number of benzene rings is 2. The van der Waals surface area contributed by atoms with Crippen LogP contribution >= 0.6 is 0 Å². The second kappa shape index (κ2) is 10.0. The van der Waals surface area contributed by atoms with Crippen LogP contribution in [0.4, 0.5) is 8.78 Å². The second-order valence-corrected chi connectivity index (χ2v) is 7.46. The average molecular weight is 426 g/mol. The van der Waals surface area contributed by atoms with Crippen molar-refractivity contribution in [2.24, 2.45) is 0 Å². The zero-order valence-corrected chi connectivity index (χ0v) is 17.4. The molecule has 0 radical (unpaired) electrons. The van der Waals surface area contributed by atoms with E-state index in [0.717, 1.165) is 5.56 Å². The van der Waals surface area contributed by atoms with Crippen LogP contribution in [0.15, 0.2) is 71.3 Å². The summed E-state index contributed by atoms with van der Waals surface area (Å²) in [4.78, 5) is 29.0. The Bertz CT molecular complexity index is 1020. The van der Waals surface area contributed by atoms with Gasteiger partial charge in [0, 0.05) is 12.6 Å². The number of amides is 2. The van der Waals surface area contributed by atoms with E-state index < -0.39 is 11.7 Å². The Morgan fingerprint density at radius 2 is 1.65 bits per heavy atom. The van der Waals surface area contributed by atoms with Gasteiger partial charge in [-0.15, -0.1) is 0 Å². The number of carbonyl (C=O) groups excluding carboxylic acids is 2. The highest BCUT2D eigenvalue weighted by Crippen LogP contribution is 2.16. The maximum absolute atomic E-state index is 14.1. The Morgan fingerprint density at radius 3 is 2.26 bits per heavy atom. The minimum atomic E-state index is -0.635. The predicted octanol–water partition coefficient (Wildman–Crippen LogP) is 4.64. The highest BCUT2D eigenvalue weighted by Gasteiger charge is 2.26. The third kappa shape index (κ3) is 5.78. The topological polar surface area (TPSA) is 53.8 Å². The Labute approximate surface area is 179 Å². The summed E-state index contributed by atoms with van der Waals surface area (Å²) in [6.45, 7) is 3.70. The van der Waals surface area contributed by atoms with Gasteiger partial charge in [-0.25, -0.2) is 8.78 Å². The Morgan fingerprint density at radius 1 is 0.935 bits per heavy atom. The van der Waals surface area contributed by atoms with Crippen molar-refractivity contribution >= 4 is 11.8 Å². The second-order valence-electron chi connectivity index (χ2n) is 7.46. The molecule has 0 atom stereocenters. The van der Waals surface area contributed by atoms with Crippen LogP contribution in [-0.4, -0.2) is 34.2 Å². The van der Waals surface area contributed by atoms with Gasteiger partial charge in [0.1, 0.15) is 23.9 Å². The molecule has 0 aliphatic carbocycles. The fraction of sp³-hybridized carbons (Fsp3) is 0.250. The van der Waals surface area contributed by atoms with E-state index in [2.05, 4.69) is 0 Å². The normalized spacial score (nSPS) is 10.9. The summed E-state index contributed by atoms with van der Waals surface area (Å²) in [5.41, 5.74) is 0.651. The first-order valence-corrected chi connectivity index (χ1v) is 9.95. The van der Waals surface area contributed by atoms with Gasteiger partial charge in [-0.1, -0.05) is 24.3 Å². The van der Waals surface area contributed by atoms with Crippen molar-refractivity contribution in [2.45, 2.75) is 33.0 Å². The van der Waals surface area contributed by atoms with Crippen LogP contribution in [0, 0.1) is 11.6 Å². The lowest BCUT2D eigenvalue weighted by Crippen LogP contribution is -2.45. The Hall–Kier alpha value is -3.48. The minimum absolute atomic E-state index is 0.0832. The molecule has 3 aromatic rings. The smallest absolute Gasteiger partial charge is 0.257 e. The Kier molecular flexibility index (Phi) is 7.18. The van der Waals surface area contributed by atoms with Gasteiger partial charge in [0.15, 0.2) is 0 Å². The molecule has 162 valence electrons. The van der Waals surface area contributed by atoms with Crippen molar-refractivity contribution in [1.82, 2.24) is 9.80 Å². The summed E-state index contributed by atoms with van der Waals surface area (Å²) in [5, 5.41) is 0. The molecule has 2 aromatic carbocycles. The third-order valence-corrected chi connectivity index (χ3v) is 4.86. The lowest BCUT2D eigenvalue weighted by molar-refractivity contribution is -0.133. The largest absolute Gasteiger partial charge is 0.467 e. The van der Waals surface area contributed by atoms with Crippen molar-refractivity contribution < 1.29 is 22.8 Å². The molecular formula is C24H24F2N2O3. The highest BCUT2D eigenvalue weighted by molar-refractivity contribution is 5.97. The fourth-order valence-electron chi connectivity index (χ4n) is 3.16. The van der Waals surface area contributed by atoms with Crippen molar-refractivity contribution in [1.29, 1.82) is 0 Å². The highest BCUT2D eigenvalue weighted by atomic mass is 19.1. The third-order valence-electron chi connectivity index (χ3n) is 4.86. The molecule has 0 aliphatic rings. The lowest BCUT2D eigenvalue weighted by atomic mass is 10.1. The first-order chi connectivity index (χ1) is 14.8. The summed E-state index contributed by atoms with van der Waals surface area (Å²) in [6.07, 6.45) is 1.51. The number of furan rings is 1. The van der Waals surface area contributed by atoms with Gasteiger partial charge in [0.05, 0.1) is 18.4 Å². The molecule has 3 rings (SSSR count). The molecular weight excluding hydrogens is 402 g/mol. The van der Waals surface area contributed by atoms with Crippen LogP contribution in [0.1, 0.15) is 35.5 Å². The number of nitrogens with zero attached hydrogens (tertiary/aromatic N) is 2. The van der Waals surface area contributed by atoms with Crippen LogP contribution in [0.2, 0.25) is 0 Å². The lowest BCUT2D eigenvalue weighted by Gasteiger charge is -2.30. The summed E-state index contributed by atoms with van der Waals surface area (Å²) < 4.78 is 32.8. The summed E-state index contributed by atoms with van der Waals surface area (Å²) in [6, 6.07) is 14.7. The number of carbonyl (C=O) groups is 2. The van der Waals surface area contributed by atoms with E-state index >= 15 is 0 Å². The van der Waals surface area contributed by atoms with E-state index in [-0.39, 0.29) is 43.0 Å². The van der Waals surface area contributed by atoms with Crippen LogP contribution in [0.5, 0.6) is 0 Å². The van der Waals surface area contributed by atoms with Gasteiger partial charge >= 0.3 is 0 Å². The molecule has 2 amide bonds. The molecule has 0 aliphatic heterocycles. The van der Waals surface area contributed by atoms with Crippen molar-refractivity contribution in [3.63, 3.8) is 0 Å². The van der Waals surface area contributed by atoms with Gasteiger partial charge in [0.25, 0.3) is 5.91 Å². The van der Waals surface area contributed by atoms with Gasteiger partial charge in [-0.3, -0.25) is 9.59 Å². The van der Waals surface area contributed by atoms with Crippen LogP contribution in [0.3, 0.4) is 0 Å². The quantitative estimate of drug-likeness (QED) is 0.527. The summed E-state index contributed by atoms with van der Waals surface area (Å²) in [7, 11) is 0. The molecule has 5 nitrogen and oxygen atoms in total. The fourth-order valence-corrected chi connectivity index (χ4v) is 3.16. The van der Waals surface area contributed by atoms with E-state index in [1.807, 2.05) is 0 Å². The van der Waals surface area contributed by atoms with Gasteiger partial charge in [-0.05, 0) is 55.8 Å². The van der Waals surface area contributed by atoms with Crippen LogP contribution in [-0.2, 0) is 17.9 Å². The minimum Gasteiger partial charge on any atom is -0.467 e. The molecule has 0 bridgehead atoms. The van der Waals surface area contributed by atoms with Crippen molar-refractivity contribution in [3.8, 4) is 0 Å². The monoisotopic (exact) mass is 426 g/mol. The predicted molar refractivity (Wildman–Crippen MR) is 112 cm³/mol. The first-order valence-electron chi connectivity index (χ1n) is 9.95. The van der Waals surface area contributed by atoms with E-state index in [4.69, 9.17) is 4.42 Å². The van der Waals surface area contributed by atoms with Gasteiger partial charge in [0.2, 0.25) is 5.91 Å². The molecule has 0 spiro atoms. The molecule has 0 saturated carbocycles. The molecule has 1 aromatic heterocycles. The summed E-state index contributed by atoms with van der Waals surface area (Å²) >= 11 is 0. The Balaban J connectivity index is 1.81. The van der Waals surface area contributed by atoms with Crippen LogP contribution in [0.25, 0.3) is 0 Å². The average Bonchev–Trinajstić information content (AvgIpc) is 3.26. The molecule has 0 unspecified atom stereocenters. The number of hydrogen-bond acceptors (Lipinski definition) is 3. The standard InChI is InChI=1S/C24H24F2N2O3/c1-17(2)28(24(30)21-7-3-4-8-22(21)26)16-23(29)27(15-20-6-5-13-31-20)14-18-9-11-19(25)12-10-18/h3-13,17H,14-16H2,1-2H3. The van der Waals surface area contributed by atoms with Gasteiger partial charge in [-0.2, -0.15) is 0 Å². The first kappa shape index (κ1) is 22.2. The molecule has 31 heavy (non-hydrogen) atoms. The number of hydrogen-bond donors (Lipinski definition) is 0. The zero-order chi connectivity index (χ0) is 22.4. The maximum atomic E-state index is 14.1. The van der Waals surface area contributed by atoms with E-state index in [9.17, 15) is 18.4 Å². The molecule has 0 N–H and O–H groups in total. The van der Waals surface area contributed by atoms with Gasteiger partial charge < -0.3 is 14.2 Å². The molecule has 1 heterocycles. The molecule has 7 heteroatoms. The SMILES string of the molecule is CC(C)N(CC(=O)N(Cc1ccc(F)cc1)Cc1ccco1)C(=O)c1ccccc1F. The maximum Gasteiger partial charge on any atom is 0.257 e. The van der Waals surface area contributed by atoms with E-state index in [1.165, 1.54) is 46.4 Å². The van der Waals surface area contributed by atoms with Crippen molar-refractivity contribution in [2.75, 3.05) is 6.54 Å². The van der Waals surface area contributed by atoms with E-state index in [0.29, 0.717) is 5.76 Å². The van der Waals surface area contributed by atoms with E-state index in [1.54, 1.807) is 44.2 Å². The zero-order valence-electron chi connectivity index (χ0n) is 17.4. The van der Waals surface area contributed by atoms with Crippen LogP contribution < -0.4 is 0 Å². The van der Waals surface area contributed by atoms with Crippen molar-refractivity contribution in [3.05, 3.63) is 95.4 Å².